The minimum atomic E-state index is -1.68. The number of methoxy groups -OCH3 is 1. The zero-order valence-electron chi connectivity index (χ0n) is 22.8. The van der Waals surface area contributed by atoms with Crippen LogP contribution in [0.1, 0.15) is 42.3 Å². The second kappa shape index (κ2) is 14.2. The first-order valence-electron chi connectivity index (χ1n) is 12.4. The first-order chi connectivity index (χ1) is 19.5. The summed E-state index contributed by atoms with van der Waals surface area (Å²) in [6.07, 6.45) is -8.10. The fraction of sp³-hybridized carbons (Fsp3) is 0.393. The van der Waals surface area contributed by atoms with E-state index in [0.29, 0.717) is 11.1 Å². The predicted octanol–water partition coefficient (Wildman–Crippen LogP) is 1.61. The molecule has 13 nitrogen and oxygen atoms in total. The average Bonchev–Trinajstić information content (AvgIpc) is 2.94. The van der Waals surface area contributed by atoms with Crippen molar-refractivity contribution in [2.75, 3.05) is 7.11 Å². The summed E-state index contributed by atoms with van der Waals surface area (Å²) in [6, 6.07) is 13.0. The van der Waals surface area contributed by atoms with Crippen LogP contribution in [0.2, 0.25) is 0 Å². The highest BCUT2D eigenvalue weighted by Crippen LogP contribution is 2.33. The predicted molar refractivity (Wildman–Crippen MR) is 136 cm³/mol. The van der Waals surface area contributed by atoms with Crippen molar-refractivity contribution >= 4 is 29.8 Å². The van der Waals surface area contributed by atoms with Gasteiger partial charge in [0.2, 0.25) is 12.4 Å². The van der Waals surface area contributed by atoms with Gasteiger partial charge in [0.05, 0.1) is 13.7 Å². The van der Waals surface area contributed by atoms with Gasteiger partial charge in [0.25, 0.3) is 0 Å². The number of esters is 5. The molecule has 3 rings (SSSR count). The van der Waals surface area contributed by atoms with E-state index in [9.17, 15) is 29.1 Å². The van der Waals surface area contributed by atoms with Gasteiger partial charge in [-0.3, -0.25) is 14.4 Å². The molecule has 220 valence electrons. The second-order valence-electron chi connectivity index (χ2n) is 8.84. The van der Waals surface area contributed by atoms with Crippen LogP contribution in [0.3, 0.4) is 0 Å². The van der Waals surface area contributed by atoms with E-state index < -0.39 is 67.2 Å². The highest BCUT2D eigenvalue weighted by molar-refractivity contribution is 5.92. The lowest BCUT2D eigenvalue weighted by atomic mass is 9.97. The van der Waals surface area contributed by atoms with Crippen LogP contribution < -0.4 is 4.74 Å². The number of ether oxygens (including phenoxy) is 7. The fourth-order valence-electron chi connectivity index (χ4n) is 4.04. The molecule has 2 aromatic carbocycles. The first kappa shape index (κ1) is 31.0. The Labute approximate surface area is 235 Å². The smallest absolute Gasteiger partial charge is 0.342 e. The van der Waals surface area contributed by atoms with Gasteiger partial charge in [-0.25, -0.2) is 9.59 Å². The molecule has 1 saturated heterocycles. The van der Waals surface area contributed by atoms with Gasteiger partial charge in [-0.2, -0.15) is 0 Å². The topological polar surface area (TPSA) is 170 Å². The van der Waals surface area contributed by atoms with Gasteiger partial charge >= 0.3 is 29.8 Å². The van der Waals surface area contributed by atoms with Crippen LogP contribution in [0.4, 0.5) is 0 Å². The number of rotatable bonds is 10. The highest BCUT2D eigenvalue weighted by atomic mass is 16.7. The molecule has 0 spiro atoms. The maximum absolute atomic E-state index is 13.1. The number of benzene rings is 2. The molecule has 2 aromatic rings. The van der Waals surface area contributed by atoms with Gasteiger partial charge in [0.1, 0.15) is 17.9 Å². The third kappa shape index (κ3) is 8.25. The van der Waals surface area contributed by atoms with Crippen molar-refractivity contribution in [3.05, 3.63) is 65.2 Å². The number of hydrogen-bond donors (Lipinski definition) is 1. The van der Waals surface area contributed by atoms with E-state index in [0.717, 1.165) is 27.9 Å². The van der Waals surface area contributed by atoms with E-state index in [1.165, 1.54) is 18.2 Å². The zero-order chi connectivity index (χ0) is 30.1. The molecule has 1 aliphatic heterocycles. The molecule has 0 unspecified atom stereocenters. The van der Waals surface area contributed by atoms with Gasteiger partial charge in [0, 0.05) is 20.8 Å². The lowest BCUT2D eigenvalue weighted by Crippen LogP contribution is -2.64. The van der Waals surface area contributed by atoms with E-state index in [2.05, 4.69) is 0 Å². The SMILES string of the molecule is COC(=O)[C@H]1O[C@@H](Oc2ccc(CO)cc2C(=O)OCc2ccccc2)[C@H](OC(C)=O)[C@@H](OC(C)=O)[C@@H]1OC(C)=O. The van der Waals surface area contributed by atoms with Crippen molar-refractivity contribution in [2.45, 2.75) is 64.7 Å². The van der Waals surface area contributed by atoms with Crippen molar-refractivity contribution in [1.82, 2.24) is 0 Å². The molecule has 0 saturated carbocycles. The molecule has 1 fully saturated rings. The molecular formula is C28H30O13. The summed E-state index contributed by atoms with van der Waals surface area (Å²) in [4.78, 5) is 61.7. The van der Waals surface area contributed by atoms with Gasteiger partial charge < -0.3 is 38.3 Å². The Morgan fingerprint density at radius 3 is 2.00 bits per heavy atom. The largest absolute Gasteiger partial charge is 0.467 e. The summed E-state index contributed by atoms with van der Waals surface area (Å²) in [5, 5.41) is 9.63. The Morgan fingerprint density at radius 1 is 0.805 bits per heavy atom. The maximum atomic E-state index is 13.1. The molecule has 0 aromatic heterocycles. The zero-order valence-corrected chi connectivity index (χ0v) is 22.8. The van der Waals surface area contributed by atoms with Gasteiger partial charge in [-0.15, -0.1) is 0 Å². The first-order valence-corrected chi connectivity index (χ1v) is 12.4. The van der Waals surface area contributed by atoms with Crippen LogP contribution >= 0.6 is 0 Å². The summed E-state index contributed by atoms with van der Waals surface area (Å²) >= 11 is 0. The monoisotopic (exact) mass is 574 g/mol. The van der Waals surface area contributed by atoms with Gasteiger partial charge in [-0.05, 0) is 23.3 Å². The fourth-order valence-corrected chi connectivity index (χ4v) is 4.04. The molecule has 1 aliphatic rings. The summed E-state index contributed by atoms with van der Waals surface area (Å²) < 4.78 is 37.8. The molecule has 0 radical (unpaired) electrons. The van der Waals surface area contributed by atoms with Crippen LogP contribution in [0.15, 0.2) is 48.5 Å². The van der Waals surface area contributed by atoms with Gasteiger partial charge in [0.15, 0.2) is 18.3 Å². The molecule has 0 bridgehead atoms. The summed E-state index contributed by atoms with van der Waals surface area (Å²) in [7, 11) is 1.06. The third-order valence-electron chi connectivity index (χ3n) is 5.74. The number of aliphatic hydroxyl groups is 1. The van der Waals surface area contributed by atoms with Crippen molar-refractivity contribution in [1.29, 1.82) is 0 Å². The van der Waals surface area contributed by atoms with E-state index in [-0.39, 0.29) is 17.9 Å². The molecular weight excluding hydrogens is 544 g/mol. The van der Waals surface area contributed by atoms with Crippen LogP contribution in [0.5, 0.6) is 5.75 Å². The number of carbonyl (C=O) groups excluding carboxylic acids is 5. The quantitative estimate of drug-likeness (QED) is 0.321. The van der Waals surface area contributed by atoms with Crippen LogP contribution in [0, 0.1) is 0 Å². The van der Waals surface area contributed by atoms with Crippen LogP contribution in [-0.4, -0.2) is 72.8 Å². The lowest BCUT2D eigenvalue weighted by molar-refractivity contribution is -0.282. The number of hydrogen-bond acceptors (Lipinski definition) is 13. The Balaban J connectivity index is 2.02. The van der Waals surface area contributed by atoms with Crippen molar-refractivity contribution in [3.63, 3.8) is 0 Å². The summed E-state index contributed by atoms with van der Waals surface area (Å²) in [5.74, 6) is -4.53. The molecule has 1 N–H and O–H groups in total. The van der Waals surface area contributed by atoms with E-state index >= 15 is 0 Å². The van der Waals surface area contributed by atoms with E-state index in [1.807, 2.05) is 6.07 Å². The maximum Gasteiger partial charge on any atom is 0.342 e. The Bertz CT molecular complexity index is 1260. The average molecular weight is 575 g/mol. The molecule has 13 heteroatoms. The number of aliphatic hydroxyl groups excluding tert-OH is 1. The van der Waals surface area contributed by atoms with Crippen LogP contribution in [0.25, 0.3) is 0 Å². The minimum absolute atomic E-state index is 0.0680. The minimum Gasteiger partial charge on any atom is -0.467 e. The Morgan fingerprint density at radius 2 is 1.41 bits per heavy atom. The van der Waals surface area contributed by atoms with Crippen molar-refractivity contribution in [2.24, 2.45) is 0 Å². The summed E-state index contributed by atoms with van der Waals surface area (Å²) in [6.45, 7) is 2.71. The molecule has 41 heavy (non-hydrogen) atoms. The van der Waals surface area contributed by atoms with Crippen molar-refractivity contribution < 1.29 is 62.2 Å². The van der Waals surface area contributed by atoms with E-state index in [1.54, 1.807) is 24.3 Å². The summed E-state index contributed by atoms with van der Waals surface area (Å²) in [5.41, 5.74) is 0.942. The molecule has 0 amide bonds. The standard InChI is InChI=1S/C28H30O13/c1-15(30)37-22-23(38-16(2)31)25(39-17(3)32)28(41-24(22)27(34)35-4)40-21-11-10-19(13-29)12-20(21)26(33)36-14-18-8-6-5-7-9-18/h5-12,22-25,28-29H,13-14H2,1-4H3/t22-,23-,24-,25+,28+/m0/s1. The van der Waals surface area contributed by atoms with Crippen LogP contribution in [-0.2, 0) is 60.8 Å². The van der Waals surface area contributed by atoms with Crippen molar-refractivity contribution in [3.8, 4) is 5.75 Å². The number of carbonyl (C=O) groups is 5. The highest BCUT2D eigenvalue weighted by Gasteiger charge is 2.56. The normalized spacial score (nSPS) is 21.6. The third-order valence-corrected chi connectivity index (χ3v) is 5.74. The van der Waals surface area contributed by atoms with E-state index in [4.69, 9.17) is 33.2 Å². The lowest BCUT2D eigenvalue weighted by Gasteiger charge is -2.43. The molecule has 1 heterocycles. The second-order valence-corrected chi connectivity index (χ2v) is 8.84. The Kier molecular flexibility index (Phi) is 10.8. The molecule has 5 atom stereocenters. The Hall–Kier alpha value is -4.49. The van der Waals surface area contributed by atoms with Gasteiger partial charge in [-0.1, -0.05) is 36.4 Å². The molecule has 0 aliphatic carbocycles.